The zero-order chi connectivity index (χ0) is 25.6. The summed E-state index contributed by atoms with van der Waals surface area (Å²) in [6.07, 6.45) is 5.67. The van der Waals surface area contributed by atoms with Gasteiger partial charge in [0.25, 0.3) is 0 Å². The number of piperidine rings is 1. The van der Waals surface area contributed by atoms with Crippen LogP contribution < -0.4 is 4.90 Å². The van der Waals surface area contributed by atoms with Crippen molar-refractivity contribution < 1.29 is 17.9 Å². The molecular weight excluding hydrogens is 532 g/mol. The van der Waals surface area contributed by atoms with E-state index in [1.807, 2.05) is 24.5 Å². The summed E-state index contributed by atoms with van der Waals surface area (Å²) in [5, 5.41) is 0. The fourth-order valence-electron chi connectivity index (χ4n) is 4.46. The smallest absolute Gasteiger partial charge is 0.248 e. The Bertz CT molecular complexity index is 1080. The van der Waals surface area contributed by atoms with Crippen LogP contribution in [0.5, 0.6) is 0 Å². The highest BCUT2D eigenvalue weighted by Crippen LogP contribution is 2.27. The van der Waals surface area contributed by atoms with Crippen LogP contribution >= 0.6 is 15.9 Å². The predicted molar refractivity (Wildman–Crippen MR) is 141 cm³/mol. The van der Waals surface area contributed by atoms with E-state index in [-0.39, 0.29) is 25.7 Å². The lowest BCUT2D eigenvalue weighted by atomic mass is 9.96. The second-order valence-corrected chi connectivity index (χ2v) is 12.1. The number of hydrogen-bond acceptors (Lipinski definition) is 6. The summed E-state index contributed by atoms with van der Waals surface area (Å²) in [6, 6.07) is 7.64. The number of carbonyl (C=O) groups excluding carboxylic acids is 1. The number of hydrogen-bond donors (Lipinski definition) is 0. The van der Waals surface area contributed by atoms with E-state index in [1.54, 1.807) is 37.9 Å². The molecule has 0 radical (unpaired) electrons. The summed E-state index contributed by atoms with van der Waals surface area (Å²) in [5.74, 6) is 0.363. The molecule has 8 nitrogen and oxygen atoms in total. The third-order valence-electron chi connectivity index (χ3n) is 6.47. The van der Waals surface area contributed by atoms with Crippen LogP contribution in [-0.4, -0.2) is 82.0 Å². The number of nitrogens with zero attached hydrogens (tertiary/aromatic N) is 4. The monoisotopic (exact) mass is 566 g/mol. The number of sulfonamides is 1. The number of benzene rings is 1. The number of pyridine rings is 1. The van der Waals surface area contributed by atoms with Gasteiger partial charge in [-0.15, -0.1) is 0 Å². The second kappa shape index (κ2) is 12.3. The Morgan fingerprint density at radius 3 is 2.34 bits per heavy atom. The zero-order valence-corrected chi connectivity index (χ0v) is 23.3. The Morgan fingerprint density at radius 2 is 1.74 bits per heavy atom. The first-order valence-corrected chi connectivity index (χ1v) is 14.0. The van der Waals surface area contributed by atoms with Crippen molar-refractivity contribution in [1.82, 2.24) is 14.2 Å². The standard InChI is InChI=1S/C25H35BrN4O4S/c1-19-15-22(26)16-20(2)25(19)35(32,33)29(4)13-14-34-18-24(31)28(3)17-21-7-11-30(12-8-21)23-5-9-27-10-6-23/h5-6,9-10,15-16,21H,7-8,11-14,17-18H2,1-4H3. The van der Waals surface area contributed by atoms with Gasteiger partial charge in [-0.25, -0.2) is 8.42 Å². The summed E-state index contributed by atoms with van der Waals surface area (Å²) in [6.45, 7) is 6.45. The normalized spacial score (nSPS) is 15.0. The minimum absolute atomic E-state index is 0.0589. The highest BCUT2D eigenvalue weighted by atomic mass is 79.9. The SMILES string of the molecule is Cc1cc(Br)cc(C)c1S(=O)(=O)N(C)CCOCC(=O)N(C)CC1CCN(c2ccncc2)CC1. The van der Waals surface area contributed by atoms with Gasteiger partial charge in [-0.3, -0.25) is 9.78 Å². The number of likely N-dealkylation sites (N-methyl/N-ethyl adjacent to an activating group) is 2. The van der Waals surface area contributed by atoms with Crippen molar-refractivity contribution in [3.05, 3.63) is 52.3 Å². The minimum Gasteiger partial charge on any atom is -0.371 e. The highest BCUT2D eigenvalue weighted by molar-refractivity contribution is 9.10. The van der Waals surface area contributed by atoms with E-state index >= 15 is 0 Å². The summed E-state index contributed by atoms with van der Waals surface area (Å²) >= 11 is 3.40. The molecule has 1 aliphatic heterocycles. The van der Waals surface area contributed by atoms with E-state index in [2.05, 4.69) is 25.8 Å². The van der Waals surface area contributed by atoms with Crippen LogP contribution in [0.25, 0.3) is 0 Å². The lowest BCUT2D eigenvalue weighted by Gasteiger charge is -2.35. The van der Waals surface area contributed by atoms with Gasteiger partial charge in [0.1, 0.15) is 6.61 Å². The molecule has 1 aromatic carbocycles. The van der Waals surface area contributed by atoms with Crippen LogP contribution in [-0.2, 0) is 19.6 Å². The predicted octanol–water partition coefficient (Wildman–Crippen LogP) is 3.47. The molecule has 0 N–H and O–H groups in total. The minimum atomic E-state index is -3.65. The fraction of sp³-hybridized carbons (Fsp3) is 0.520. The molecule has 192 valence electrons. The Morgan fingerprint density at radius 1 is 1.14 bits per heavy atom. The molecule has 0 bridgehead atoms. The largest absolute Gasteiger partial charge is 0.371 e. The van der Waals surface area contributed by atoms with Crippen LogP contribution in [0.2, 0.25) is 0 Å². The molecule has 1 aromatic heterocycles. The van der Waals surface area contributed by atoms with Gasteiger partial charge in [-0.05, 0) is 68.0 Å². The molecule has 10 heteroatoms. The summed E-state index contributed by atoms with van der Waals surface area (Å²) in [7, 11) is -0.312. The van der Waals surface area contributed by atoms with Crippen molar-refractivity contribution in [1.29, 1.82) is 0 Å². The van der Waals surface area contributed by atoms with Gasteiger partial charge in [0.2, 0.25) is 15.9 Å². The van der Waals surface area contributed by atoms with Crippen molar-refractivity contribution in [2.45, 2.75) is 31.6 Å². The maximum atomic E-state index is 13.0. The first-order valence-electron chi connectivity index (χ1n) is 11.8. The molecule has 2 aromatic rings. The highest BCUT2D eigenvalue weighted by Gasteiger charge is 2.25. The van der Waals surface area contributed by atoms with E-state index < -0.39 is 10.0 Å². The average molecular weight is 568 g/mol. The number of halogens is 1. The molecule has 1 amide bonds. The molecule has 2 heterocycles. The van der Waals surface area contributed by atoms with Gasteiger partial charge in [-0.1, -0.05) is 15.9 Å². The van der Waals surface area contributed by atoms with Gasteiger partial charge in [0, 0.05) is 62.8 Å². The molecule has 35 heavy (non-hydrogen) atoms. The Hall–Kier alpha value is -2.01. The van der Waals surface area contributed by atoms with Crippen LogP contribution in [0.15, 0.2) is 46.0 Å². The fourth-order valence-corrected chi connectivity index (χ4v) is 6.71. The van der Waals surface area contributed by atoms with E-state index in [0.29, 0.717) is 28.5 Å². The third kappa shape index (κ3) is 7.25. The van der Waals surface area contributed by atoms with E-state index in [4.69, 9.17) is 4.74 Å². The number of rotatable bonds is 10. The lowest BCUT2D eigenvalue weighted by molar-refractivity contribution is -0.135. The first kappa shape index (κ1) is 27.6. The van der Waals surface area contributed by atoms with Crippen molar-refractivity contribution in [2.24, 2.45) is 5.92 Å². The Labute approximate surface area is 217 Å². The molecule has 1 saturated heterocycles. The zero-order valence-electron chi connectivity index (χ0n) is 20.9. The molecule has 0 aliphatic carbocycles. The molecule has 0 saturated carbocycles. The van der Waals surface area contributed by atoms with Gasteiger partial charge >= 0.3 is 0 Å². The van der Waals surface area contributed by atoms with E-state index in [1.165, 1.54) is 17.0 Å². The van der Waals surface area contributed by atoms with Crippen molar-refractivity contribution in [3.63, 3.8) is 0 Å². The number of anilines is 1. The summed E-state index contributed by atoms with van der Waals surface area (Å²) in [4.78, 5) is 21.0. The lowest BCUT2D eigenvalue weighted by Crippen LogP contribution is -2.40. The molecule has 0 unspecified atom stereocenters. The summed E-state index contributed by atoms with van der Waals surface area (Å²) in [5.41, 5.74) is 2.56. The molecule has 3 rings (SSSR count). The second-order valence-electron chi connectivity index (χ2n) is 9.16. The van der Waals surface area contributed by atoms with E-state index in [0.717, 1.165) is 30.4 Å². The van der Waals surface area contributed by atoms with Gasteiger partial charge < -0.3 is 14.5 Å². The van der Waals surface area contributed by atoms with Gasteiger partial charge in [-0.2, -0.15) is 4.31 Å². The Kier molecular flexibility index (Phi) is 9.69. The van der Waals surface area contributed by atoms with Gasteiger partial charge in [0.05, 0.1) is 11.5 Å². The van der Waals surface area contributed by atoms with Gasteiger partial charge in [0.15, 0.2) is 0 Å². The quantitative estimate of drug-likeness (QED) is 0.409. The third-order valence-corrected chi connectivity index (χ3v) is 9.09. The Balaban J connectivity index is 1.40. The van der Waals surface area contributed by atoms with Crippen LogP contribution in [0.3, 0.4) is 0 Å². The van der Waals surface area contributed by atoms with Crippen molar-refractivity contribution in [3.8, 4) is 0 Å². The summed E-state index contributed by atoms with van der Waals surface area (Å²) < 4.78 is 33.7. The molecule has 0 atom stereocenters. The number of ether oxygens (including phenoxy) is 1. The molecular formula is C25H35BrN4O4S. The molecule has 0 spiro atoms. The number of aryl methyl sites for hydroxylation is 2. The van der Waals surface area contributed by atoms with Crippen LogP contribution in [0.4, 0.5) is 5.69 Å². The molecule has 1 aliphatic rings. The number of carbonyl (C=O) groups is 1. The topological polar surface area (TPSA) is 83.0 Å². The van der Waals surface area contributed by atoms with Crippen LogP contribution in [0.1, 0.15) is 24.0 Å². The van der Waals surface area contributed by atoms with Crippen molar-refractivity contribution >= 4 is 37.5 Å². The van der Waals surface area contributed by atoms with E-state index in [9.17, 15) is 13.2 Å². The van der Waals surface area contributed by atoms with Crippen molar-refractivity contribution in [2.75, 3.05) is 58.4 Å². The maximum absolute atomic E-state index is 13.0. The molecule has 1 fully saturated rings. The maximum Gasteiger partial charge on any atom is 0.248 e. The average Bonchev–Trinajstić information content (AvgIpc) is 2.81. The number of aromatic nitrogens is 1. The first-order chi connectivity index (χ1) is 16.6. The van der Waals surface area contributed by atoms with Crippen LogP contribution in [0, 0.1) is 19.8 Å². The number of amides is 1.